The predicted molar refractivity (Wildman–Crippen MR) is 64.0 cm³/mol. The van der Waals surface area contributed by atoms with Crippen LogP contribution in [-0.4, -0.2) is 42.4 Å². The molecule has 0 heterocycles. The van der Waals surface area contributed by atoms with Crippen molar-refractivity contribution in [2.75, 3.05) is 13.7 Å². The molecule has 0 aliphatic rings. The minimum atomic E-state index is -1.11. The lowest BCUT2D eigenvalue weighted by Crippen LogP contribution is -2.54. The normalized spacial score (nSPS) is 12.9. The van der Waals surface area contributed by atoms with Crippen LogP contribution in [0, 0.1) is 0 Å². The Bertz CT molecular complexity index is 264. The van der Waals surface area contributed by atoms with Crippen LogP contribution in [0.2, 0.25) is 0 Å². The second kappa shape index (κ2) is 7.11. The van der Waals surface area contributed by atoms with Crippen LogP contribution in [0.4, 0.5) is 4.79 Å². The van der Waals surface area contributed by atoms with Gasteiger partial charge < -0.3 is 20.5 Å². The maximum atomic E-state index is 11.6. The Kier molecular flexibility index (Phi) is 6.57. The fourth-order valence-corrected chi connectivity index (χ4v) is 1.24. The van der Waals surface area contributed by atoms with Crippen molar-refractivity contribution in [2.24, 2.45) is 0 Å². The van der Waals surface area contributed by atoms with E-state index in [2.05, 4.69) is 10.6 Å². The number of amides is 2. The molecule has 1 unspecified atom stereocenters. The van der Waals surface area contributed by atoms with Gasteiger partial charge in [0.05, 0.1) is 6.61 Å². The number of aliphatic carboxylic acids is 1. The van der Waals surface area contributed by atoms with Crippen LogP contribution in [0.5, 0.6) is 0 Å². The molecule has 0 fully saturated rings. The summed E-state index contributed by atoms with van der Waals surface area (Å²) < 4.78 is 4.73. The van der Waals surface area contributed by atoms with E-state index in [4.69, 9.17) is 9.84 Å². The van der Waals surface area contributed by atoms with E-state index in [0.717, 1.165) is 12.8 Å². The first-order chi connectivity index (χ1) is 7.88. The summed E-state index contributed by atoms with van der Waals surface area (Å²) in [5, 5.41) is 14.0. The van der Waals surface area contributed by atoms with Crippen molar-refractivity contribution < 1.29 is 19.4 Å². The van der Waals surface area contributed by atoms with Gasteiger partial charge in [-0.25, -0.2) is 9.59 Å². The minimum absolute atomic E-state index is 0.0578. The highest BCUT2D eigenvalue weighted by atomic mass is 16.5. The largest absolute Gasteiger partial charge is 0.480 e. The van der Waals surface area contributed by atoms with Gasteiger partial charge in [0.15, 0.2) is 6.04 Å². The van der Waals surface area contributed by atoms with Gasteiger partial charge >= 0.3 is 12.0 Å². The number of nitrogens with one attached hydrogen (secondary N) is 2. The molecular weight excluding hydrogens is 224 g/mol. The number of urea groups is 1. The quantitative estimate of drug-likeness (QED) is 0.624. The number of hydrogen-bond donors (Lipinski definition) is 3. The van der Waals surface area contributed by atoms with Crippen molar-refractivity contribution in [1.82, 2.24) is 10.6 Å². The number of carboxylic acids is 1. The molecule has 0 spiro atoms. The highest BCUT2D eigenvalue weighted by Gasteiger charge is 2.25. The molecule has 0 bridgehead atoms. The van der Waals surface area contributed by atoms with E-state index in [1.54, 1.807) is 0 Å². The van der Waals surface area contributed by atoms with Gasteiger partial charge in [-0.15, -0.1) is 0 Å². The van der Waals surface area contributed by atoms with Gasteiger partial charge in [0.1, 0.15) is 0 Å². The summed E-state index contributed by atoms with van der Waals surface area (Å²) in [6, 6.07) is -1.52. The molecule has 100 valence electrons. The highest BCUT2D eigenvalue weighted by Crippen LogP contribution is 2.12. The van der Waals surface area contributed by atoms with E-state index in [0.29, 0.717) is 0 Å². The summed E-state index contributed by atoms with van der Waals surface area (Å²) in [4.78, 5) is 22.4. The molecule has 0 saturated heterocycles. The lowest BCUT2D eigenvalue weighted by molar-refractivity contribution is -0.140. The minimum Gasteiger partial charge on any atom is -0.480 e. The molecule has 2 amide bonds. The Morgan fingerprint density at radius 2 is 1.88 bits per heavy atom. The topological polar surface area (TPSA) is 87.7 Å². The monoisotopic (exact) mass is 246 g/mol. The van der Waals surface area contributed by atoms with Crippen molar-refractivity contribution in [2.45, 2.75) is 45.2 Å². The average molecular weight is 246 g/mol. The number of carbonyl (C=O) groups excluding carboxylic acids is 1. The summed E-state index contributed by atoms with van der Waals surface area (Å²) in [7, 11) is 1.39. The zero-order chi connectivity index (χ0) is 13.5. The second-order valence-corrected chi connectivity index (χ2v) is 4.21. The molecule has 6 heteroatoms. The van der Waals surface area contributed by atoms with Gasteiger partial charge in [-0.2, -0.15) is 0 Å². The number of rotatable bonds is 7. The lowest BCUT2D eigenvalue weighted by Gasteiger charge is -2.29. The van der Waals surface area contributed by atoms with Gasteiger partial charge in [0.25, 0.3) is 0 Å². The van der Waals surface area contributed by atoms with E-state index in [9.17, 15) is 9.59 Å². The van der Waals surface area contributed by atoms with Crippen LogP contribution in [0.15, 0.2) is 0 Å². The molecule has 0 radical (unpaired) electrons. The average Bonchev–Trinajstić information content (AvgIpc) is 2.28. The van der Waals surface area contributed by atoms with Crippen LogP contribution < -0.4 is 10.6 Å². The number of methoxy groups -OCH3 is 1. The van der Waals surface area contributed by atoms with Crippen LogP contribution in [0.3, 0.4) is 0 Å². The standard InChI is InChI=1S/C11H22N2O4/c1-5-11(3,6-2)13-10(16)12-8(7-17-4)9(14)15/h8H,5-7H2,1-4H3,(H,14,15)(H2,12,13,16). The molecule has 3 N–H and O–H groups in total. The van der Waals surface area contributed by atoms with E-state index in [1.807, 2.05) is 20.8 Å². The van der Waals surface area contributed by atoms with Crippen molar-refractivity contribution in [1.29, 1.82) is 0 Å². The lowest BCUT2D eigenvalue weighted by atomic mass is 9.96. The van der Waals surface area contributed by atoms with Crippen LogP contribution >= 0.6 is 0 Å². The smallest absolute Gasteiger partial charge is 0.328 e. The van der Waals surface area contributed by atoms with Gasteiger partial charge in [-0.3, -0.25) is 0 Å². The molecule has 0 aliphatic carbocycles. The molecule has 0 aromatic carbocycles. The molecule has 17 heavy (non-hydrogen) atoms. The Morgan fingerprint density at radius 1 is 1.35 bits per heavy atom. The SMILES string of the molecule is CCC(C)(CC)NC(=O)NC(COC)C(=O)O. The third-order valence-corrected chi connectivity index (χ3v) is 2.91. The Balaban J connectivity index is 4.37. The van der Waals surface area contributed by atoms with Gasteiger partial charge in [-0.05, 0) is 19.8 Å². The molecule has 0 rings (SSSR count). The van der Waals surface area contributed by atoms with Crippen LogP contribution in [-0.2, 0) is 9.53 Å². The number of carboxylic acid groups (broad SMARTS) is 1. The van der Waals surface area contributed by atoms with E-state index in [1.165, 1.54) is 7.11 Å². The van der Waals surface area contributed by atoms with Gasteiger partial charge in [-0.1, -0.05) is 13.8 Å². The highest BCUT2D eigenvalue weighted by molar-refractivity contribution is 5.82. The summed E-state index contributed by atoms with van der Waals surface area (Å²) in [5.41, 5.74) is -0.319. The van der Waals surface area contributed by atoms with E-state index >= 15 is 0 Å². The van der Waals surface area contributed by atoms with Crippen molar-refractivity contribution in [3.8, 4) is 0 Å². The fourth-order valence-electron chi connectivity index (χ4n) is 1.24. The molecule has 0 aromatic rings. The third kappa shape index (κ3) is 5.53. The molecule has 1 atom stereocenters. The summed E-state index contributed by atoms with van der Waals surface area (Å²) in [5.74, 6) is -1.11. The molecule has 6 nitrogen and oxygen atoms in total. The zero-order valence-corrected chi connectivity index (χ0v) is 10.9. The number of hydrogen-bond acceptors (Lipinski definition) is 3. The molecular formula is C11H22N2O4. The van der Waals surface area contributed by atoms with Crippen LogP contribution in [0.1, 0.15) is 33.6 Å². The Labute approximate surface area is 102 Å². The first-order valence-electron chi connectivity index (χ1n) is 5.69. The number of ether oxygens (including phenoxy) is 1. The number of carbonyl (C=O) groups is 2. The summed E-state index contributed by atoms with van der Waals surface area (Å²) in [6.07, 6.45) is 1.55. The second-order valence-electron chi connectivity index (χ2n) is 4.21. The third-order valence-electron chi connectivity index (χ3n) is 2.91. The Hall–Kier alpha value is -1.30. The first-order valence-corrected chi connectivity index (χ1v) is 5.69. The maximum absolute atomic E-state index is 11.6. The molecule has 0 aromatic heterocycles. The summed E-state index contributed by atoms with van der Waals surface area (Å²) >= 11 is 0. The van der Waals surface area contributed by atoms with Gasteiger partial charge in [0, 0.05) is 12.6 Å². The van der Waals surface area contributed by atoms with E-state index < -0.39 is 18.0 Å². The molecule has 0 aliphatic heterocycles. The predicted octanol–water partition coefficient (Wildman–Crippen LogP) is 0.964. The van der Waals surface area contributed by atoms with Crippen molar-refractivity contribution >= 4 is 12.0 Å². The van der Waals surface area contributed by atoms with Crippen molar-refractivity contribution in [3.05, 3.63) is 0 Å². The Morgan fingerprint density at radius 3 is 2.24 bits per heavy atom. The van der Waals surface area contributed by atoms with Gasteiger partial charge in [0.2, 0.25) is 0 Å². The van der Waals surface area contributed by atoms with Crippen molar-refractivity contribution in [3.63, 3.8) is 0 Å². The maximum Gasteiger partial charge on any atom is 0.328 e. The van der Waals surface area contributed by atoms with Crippen LogP contribution in [0.25, 0.3) is 0 Å². The first kappa shape index (κ1) is 15.7. The molecule has 0 saturated carbocycles. The summed E-state index contributed by atoms with van der Waals surface area (Å²) in [6.45, 7) is 5.79. The van der Waals surface area contributed by atoms with E-state index in [-0.39, 0.29) is 12.1 Å². The zero-order valence-electron chi connectivity index (χ0n) is 10.9. The fraction of sp³-hybridized carbons (Fsp3) is 0.818.